The van der Waals surface area contributed by atoms with E-state index in [4.69, 9.17) is 9.47 Å². The van der Waals surface area contributed by atoms with Crippen molar-refractivity contribution >= 4 is 5.97 Å². The number of hydrogen-bond acceptors (Lipinski definition) is 3. The number of methoxy groups -OCH3 is 1. The molecule has 0 radical (unpaired) electrons. The Morgan fingerprint density at radius 1 is 0.750 bits per heavy atom. The van der Waals surface area contributed by atoms with Crippen LogP contribution < -0.4 is 9.47 Å². The second-order valence-corrected chi connectivity index (χ2v) is 10.8. The Balaban J connectivity index is 1.74. The molecule has 170 valence electrons. The summed E-state index contributed by atoms with van der Waals surface area (Å²) in [6, 6.07) is 9.45. The van der Waals surface area contributed by atoms with Crippen molar-refractivity contribution in [1.82, 2.24) is 0 Å². The zero-order chi connectivity index (χ0) is 22.8. The van der Waals surface area contributed by atoms with E-state index in [9.17, 15) is 4.79 Å². The average molecular weight is 433 g/mol. The fourth-order valence-corrected chi connectivity index (χ4v) is 8.04. The van der Waals surface area contributed by atoms with Crippen molar-refractivity contribution in [2.45, 2.75) is 72.1 Å². The summed E-state index contributed by atoms with van der Waals surface area (Å²) in [6.45, 7) is 10.0. The van der Waals surface area contributed by atoms with Gasteiger partial charge in [-0.2, -0.15) is 0 Å². The number of rotatable bonds is 4. The average Bonchev–Trinajstić information content (AvgIpc) is 2.70. The van der Waals surface area contributed by atoms with Crippen LogP contribution in [0.25, 0.3) is 0 Å². The SMILES string of the molecule is COc1c(C)cc(C2(c3cc(C)c(OC(C)=O)c(C)c3)C3CC4CC(C3)CC2C4)cc1C. The van der Waals surface area contributed by atoms with Gasteiger partial charge in [-0.05, 0) is 117 Å². The number of benzene rings is 2. The molecule has 0 aromatic heterocycles. The molecule has 4 aliphatic carbocycles. The molecule has 0 N–H and O–H groups in total. The molecule has 6 rings (SSSR count). The minimum atomic E-state index is -0.255. The van der Waals surface area contributed by atoms with E-state index in [1.807, 2.05) is 0 Å². The molecule has 0 aliphatic heterocycles. The maximum atomic E-state index is 11.7. The minimum Gasteiger partial charge on any atom is -0.496 e. The maximum Gasteiger partial charge on any atom is 0.308 e. The highest BCUT2D eigenvalue weighted by molar-refractivity contribution is 5.70. The second-order valence-electron chi connectivity index (χ2n) is 10.8. The molecule has 2 aromatic rings. The smallest absolute Gasteiger partial charge is 0.308 e. The first-order valence-electron chi connectivity index (χ1n) is 12.2. The summed E-state index contributed by atoms with van der Waals surface area (Å²) in [5.74, 6) is 4.61. The number of hydrogen-bond donors (Lipinski definition) is 0. The molecule has 0 heterocycles. The Labute approximate surface area is 192 Å². The third kappa shape index (κ3) is 3.11. The van der Waals surface area contributed by atoms with E-state index in [-0.39, 0.29) is 11.4 Å². The Morgan fingerprint density at radius 3 is 1.53 bits per heavy atom. The van der Waals surface area contributed by atoms with E-state index in [0.717, 1.165) is 34.5 Å². The van der Waals surface area contributed by atoms with Crippen LogP contribution in [0.2, 0.25) is 0 Å². The first-order valence-corrected chi connectivity index (χ1v) is 12.2. The number of ether oxygens (including phenoxy) is 2. The van der Waals surface area contributed by atoms with Gasteiger partial charge in [0.05, 0.1) is 7.11 Å². The first kappa shape index (κ1) is 21.6. The zero-order valence-corrected chi connectivity index (χ0v) is 20.4. The zero-order valence-electron chi connectivity index (χ0n) is 20.4. The molecule has 0 unspecified atom stereocenters. The lowest BCUT2D eigenvalue weighted by Gasteiger charge is -2.62. The molecule has 4 bridgehead atoms. The molecule has 0 atom stereocenters. The third-order valence-corrected chi connectivity index (χ3v) is 8.75. The van der Waals surface area contributed by atoms with Crippen LogP contribution >= 0.6 is 0 Å². The van der Waals surface area contributed by atoms with Gasteiger partial charge in [0.25, 0.3) is 0 Å². The van der Waals surface area contributed by atoms with Gasteiger partial charge >= 0.3 is 5.97 Å². The molecular weight excluding hydrogens is 396 g/mol. The fraction of sp³-hybridized carbons (Fsp3) is 0.552. The van der Waals surface area contributed by atoms with Gasteiger partial charge in [-0.15, -0.1) is 0 Å². The van der Waals surface area contributed by atoms with Gasteiger partial charge in [0.2, 0.25) is 0 Å². The number of esters is 1. The van der Waals surface area contributed by atoms with E-state index in [1.54, 1.807) is 7.11 Å². The normalized spacial score (nSPS) is 30.4. The highest BCUT2D eigenvalue weighted by atomic mass is 16.5. The molecule has 0 spiro atoms. The Bertz CT molecular complexity index is 1010. The monoisotopic (exact) mass is 432 g/mol. The van der Waals surface area contributed by atoms with Gasteiger partial charge in [-0.1, -0.05) is 24.3 Å². The Hall–Kier alpha value is -2.29. The summed E-state index contributed by atoms with van der Waals surface area (Å²) in [4.78, 5) is 11.7. The molecular formula is C29H36O3. The summed E-state index contributed by atoms with van der Waals surface area (Å²) in [7, 11) is 1.77. The Morgan fingerprint density at radius 2 is 1.16 bits per heavy atom. The van der Waals surface area contributed by atoms with Gasteiger partial charge in [0.15, 0.2) is 0 Å². The van der Waals surface area contributed by atoms with Crippen molar-refractivity contribution in [3.63, 3.8) is 0 Å². The van der Waals surface area contributed by atoms with E-state index in [2.05, 4.69) is 52.0 Å². The predicted molar refractivity (Wildman–Crippen MR) is 128 cm³/mol. The summed E-state index contributed by atoms with van der Waals surface area (Å²) >= 11 is 0. The second kappa shape index (κ2) is 7.64. The predicted octanol–water partition coefficient (Wildman–Crippen LogP) is 6.60. The highest BCUT2D eigenvalue weighted by Gasteiger charge is 2.58. The van der Waals surface area contributed by atoms with Crippen LogP contribution in [-0.4, -0.2) is 13.1 Å². The maximum absolute atomic E-state index is 11.7. The van der Waals surface area contributed by atoms with Crippen LogP contribution in [0, 0.1) is 51.4 Å². The van der Waals surface area contributed by atoms with Crippen molar-refractivity contribution in [2.75, 3.05) is 7.11 Å². The van der Waals surface area contributed by atoms with Crippen LogP contribution in [0.15, 0.2) is 24.3 Å². The van der Waals surface area contributed by atoms with E-state index < -0.39 is 0 Å². The third-order valence-electron chi connectivity index (χ3n) is 8.75. The van der Waals surface area contributed by atoms with Crippen LogP contribution in [0.5, 0.6) is 11.5 Å². The van der Waals surface area contributed by atoms with Crippen molar-refractivity contribution in [3.8, 4) is 11.5 Å². The number of carbonyl (C=O) groups is 1. The topological polar surface area (TPSA) is 35.5 Å². The molecule has 4 fully saturated rings. The molecule has 4 aliphatic rings. The summed E-state index contributed by atoms with van der Waals surface area (Å²) in [5.41, 5.74) is 7.47. The molecule has 3 heteroatoms. The quantitative estimate of drug-likeness (QED) is 0.403. The lowest BCUT2D eigenvalue weighted by atomic mass is 9.42. The van der Waals surface area contributed by atoms with Gasteiger partial charge in [-0.25, -0.2) is 0 Å². The van der Waals surface area contributed by atoms with Gasteiger partial charge in [0.1, 0.15) is 11.5 Å². The van der Waals surface area contributed by atoms with Crippen molar-refractivity contribution < 1.29 is 14.3 Å². The van der Waals surface area contributed by atoms with Crippen LogP contribution in [0.4, 0.5) is 0 Å². The van der Waals surface area contributed by atoms with Crippen molar-refractivity contribution in [1.29, 1.82) is 0 Å². The minimum absolute atomic E-state index is 0.0273. The summed E-state index contributed by atoms with van der Waals surface area (Å²) < 4.78 is 11.3. The van der Waals surface area contributed by atoms with Crippen LogP contribution in [0.1, 0.15) is 72.4 Å². The van der Waals surface area contributed by atoms with E-state index >= 15 is 0 Å². The number of aryl methyl sites for hydroxylation is 4. The molecule has 0 amide bonds. The largest absolute Gasteiger partial charge is 0.496 e. The standard InChI is InChI=1S/C29H36O3/c1-16-7-23(8-17(2)27(16)31-6)29(25-12-21-11-22(14-25)15-26(29)13-21)24-9-18(3)28(19(4)10-24)32-20(5)30/h7-10,21-22,25-26H,11-15H2,1-6H3. The van der Waals surface area contributed by atoms with Crippen molar-refractivity contribution in [2.24, 2.45) is 23.7 Å². The van der Waals surface area contributed by atoms with E-state index in [0.29, 0.717) is 11.8 Å². The highest BCUT2D eigenvalue weighted by Crippen LogP contribution is 2.65. The van der Waals surface area contributed by atoms with Crippen molar-refractivity contribution in [3.05, 3.63) is 57.6 Å². The molecule has 32 heavy (non-hydrogen) atoms. The van der Waals surface area contributed by atoms with Crippen LogP contribution in [0.3, 0.4) is 0 Å². The van der Waals surface area contributed by atoms with Gasteiger partial charge < -0.3 is 9.47 Å². The van der Waals surface area contributed by atoms with Gasteiger partial charge in [-0.3, -0.25) is 4.79 Å². The molecule has 3 nitrogen and oxygen atoms in total. The molecule has 4 saturated carbocycles. The molecule has 0 saturated heterocycles. The lowest BCUT2D eigenvalue weighted by Crippen LogP contribution is -2.56. The van der Waals surface area contributed by atoms with Crippen LogP contribution in [-0.2, 0) is 10.2 Å². The summed E-state index contributed by atoms with van der Waals surface area (Å²) in [6.07, 6.45) is 6.77. The Kier molecular flexibility index (Phi) is 5.15. The fourth-order valence-electron chi connectivity index (χ4n) is 8.04. The molecule has 2 aromatic carbocycles. The van der Waals surface area contributed by atoms with E-state index in [1.165, 1.54) is 61.3 Å². The lowest BCUT2D eigenvalue weighted by molar-refractivity contribution is -0.131. The first-order chi connectivity index (χ1) is 15.2. The summed E-state index contributed by atoms with van der Waals surface area (Å²) in [5, 5.41) is 0. The number of carbonyl (C=O) groups excluding carboxylic acids is 1. The van der Waals surface area contributed by atoms with Gasteiger partial charge in [0, 0.05) is 12.3 Å².